The van der Waals surface area contributed by atoms with Gasteiger partial charge in [0.05, 0.1) is 12.3 Å². The van der Waals surface area contributed by atoms with E-state index in [2.05, 4.69) is 15.3 Å². The van der Waals surface area contributed by atoms with Gasteiger partial charge in [0, 0.05) is 32.8 Å². The SMILES string of the molecule is C[C@H]1C(=O)N(C)c2cnc(NC[C@H]3C[C@H](Oc4cc(F)c(F)c(F)c4)C3)nc2N1C. The molecule has 160 valence electrons. The lowest BCUT2D eigenvalue weighted by atomic mass is 9.82. The van der Waals surface area contributed by atoms with Crippen LogP contribution in [-0.2, 0) is 4.79 Å². The van der Waals surface area contributed by atoms with Crippen LogP contribution < -0.4 is 19.9 Å². The molecule has 0 bridgehead atoms. The van der Waals surface area contributed by atoms with Crippen molar-refractivity contribution < 1.29 is 22.7 Å². The van der Waals surface area contributed by atoms with Crippen LogP contribution >= 0.6 is 0 Å². The molecule has 2 aromatic rings. The summed E-state index contributed by atoms with van der Waals surface area (Å²) in [6.07, 6.45) is 2.81. The van der Waals surface area contributed by atoms with Gasteiger partial charge >= 0.3 is 0 Å². The van der Waals surface area contributed by atoms with E-state index >= 15 is 0 Å². The van der Waals surface area contributed by atoms with Gasteiger partial charge in [0.15, 0.2) is 23.3 Å². The highest BCUT2D eigenvalue weighted by molar-refractivity contribution is 6.03. The number of benzene rings is 1. The number of nitrogens with one attached hydrogen (secondary N) is 1. The van der Waals surface area contributed by atoms with Gasteiger partial charge in [-0.2, -0.15) is 4.98 Å². The second kappa shape index (κ2) is 7.66. The van der Waals surface area contributed by atoms with E-state index in [1.54, 1.807) is 18.1 Å². The molecule has 1 fully saturated rings. The molecule has 0 saturated heterocycles. The number of nitrogens with zero attached hydrogens (tertiary/aromatic N) is 4. The molecule has 1 aromatic heterocycles. The summed E-state index contributed by atoms with van der Waals surface area (Å²) in [5.41, 5.74) is 0.655. The van der Waals surface area contributed by atoms with Crippen molar-refractivity contribution in [1.29, 1.82) is 0 Å². The Hall–Kier alpha value is -3.04. The average Bonchev–Trinajstić information content (AvgIpc) is 2.70. The van der Waals surface area contributed by atoms with Crippen LogP contribution in [0, 0.1) is 23.4 Å². The van der Waals surface area contributed by atoms with Gasteiger partial charge in [-0.25, -0.2) is 18.2 Å². The minimum atomic E-state index is -1.50. The quantitative estimate of drug-likeness (QED) is 0.749. The number of halogens is 3. The number of ether oxygens (including phenoxy) is 1. The van der Waals surface area contributed by atoms with Crippen LogP contribution in [0.5, 0.6) is 5.75 Å². The topological polar surface area (TPSA) is 70.6 Å². The Labute approximate surface area is 171 Å². The zero-order valence-electron chi connectivity index (χ0n) is 16.8. The van der Waals surface area contributed by atoms with E-state index in [1.807, 2.05) is 18.9 Å². The van der Waals surface area contributed by atoms with E-state index in [0.717, 1.165) is 12.1 Å². The van der Waals surface area contributed by atoms with Gasteiger partial charge in [-0.1, -0.05) is 0 Å². The minimum Gasteiger partial charge on any atom is -0.490 e. The van der Waals surface area contributed by atoms with Crippen LogP contribution in [-0.4, -0.2) is 48.7 Å². The highest BCUT2D eigenvalue weighted by Crippen LogP contribution is 2.34. The summed E-state index contributed by atoms with van der Waals surface area (Å²) in [4.78, 5) is 24.4. The molecule has 7 nitrogen and oxygen atoms in total. The molecule has 1 aliphatic heterocycles. The number of amides is 1. The Bertz CT molecular complexity index is 960. The van der Waals surface area contributed by atoms with Crippen molar-refractivity contribution in [2.75, 3.05) is 35.8 Å². The van der Waals surface area contributed by atoms with Crippen molar-refractivity contribution >= 4 is 23.4 Å². The van der Waals surface area contributed by atoms with Gasteiger partial charge in [-0.3, -0.25) is 4.79 Å². The number of anilines is 3. The smallest absolute Gasteiger partial charge is 0.249 e. The summed E-state index contributed by atoms with van der Waals surface area (Å²) in [6, 6.07) is 1.39. The molecular weight excluding hydrogens is 399 g/mol. The Kier molecular flexibility index (Phi) is 5.17. The molecular formula is C20H22F3N5O2. The molecule has 4 rings (SSSR count). The fraction of sp³-hybridized carbons (Fsp3) is 0.450. The molecule has 0 spiro atoms. The Morgan fingerprint density at radius 3 is 2.53 bits per heavy atom. The lowest BCUT2D eigenvalue weighted by molar-refractivity contribution is -0.119. The van der Waals surface area contributed by atoms with Gasteiger partial charge in [0.1, 0.15) is 17.5 Å². The third-order valence-corrected chi connectivity index (χ3v) is 5.72. The first-order chi connectivity index (χ1) is 14.2. The summed E-state index contributed by atoms with van der Waals surface area (Å²) in [5.74, 6) is -2.64. The van der Waals surface area contributed by atoms with Crippen LogP contribution in [0.1, 0.15) is 19.8 Å². The zero-order chi connectivity index (χ0) is 21.6. The first-order valence-electron chi connectivity index (χ1n) is 9.67. The zero-order valence-corrected chi connectivity index (χ0v) is 16.8. The van der Waals surface area contributed by atoms with Gasteiger partial charge in [-0.15, -0.1) is 0 Å². The highest BCUT2D eigenvalue weighted by atomic mass is 19.2. The number of carbonyl (C=O) groups is 1. The van der Waals surface area contributed by atoms with Gasteiger partial charge in [0.2, 0.25) is 11.9 Å². The molecule has 1 aliphatic carbocycles. The Morgan fingerprint density at radius 2 is 1.87 bits per heavy atom. The predicted molar refractivity (Wildman–Crippen MR) is 105 cm³/mol. The molecule has 1 amide bonds. The lowest BCUT2D eigenvalue weighted by Crippen LogP contribution is -2.49. The monoisotopic (exact) mass is 421 g/mol. The average molecular weight is 421 g/mol. The van der Waals surface area contributed by atoms with Crippen LogP contribution in [0.4, 0.5) is 30.6 Å². The molecule has 2 aliphatic rings. The summed E-state index contributed by atoms with van der Waals surface area (Å²) in [5, 5.41) is 3.19. The highest BCUT2D eigenvalue weighted by Gasteiger charge is 2.34. The fourth-order valence-corrected chi connectivity index (χ4v) is 3.66. The molecule has 1 saturated carbocycles. The summed E-state index contributed by atoms with van der Waals surface area (Å²) in [6.45, 7) is 2.43. The van der Waals surface area contributed by atoms with Crippen molar-refractivity contribution in [2.45, 2.75) is 31.9 Å². The Morgan fingerprint density at radius 1 is 1.20 bits per heavy atom. The first-order valence-corrected chi connectivity index (χ1v) is 9.67. The first kappa shape index (κ1) is 20.2. The van der Waals surface area contributed by atoms with Crippen LogP contribution in [0.15, 0.2) is 18.3 Å². The minimum absolute atomic E-state index is 0.0170. The van der Waals surface area contributed by atoms with Crippen molar-refractivity contribution in [3.63, 3.8) is 0 Å². The van der Waals surface area contributed by atoms with Gasteiger partial charge in [-0.05, 0) is 25.7 Å². The molecule has 0 unspecified atom stereocenters. The number of fused-ring (bicyclic) bond motifs is 1. The normalized spacial score (nSPS) is 23.1. The maximum atomic E-state index is 13.3. The summed E-state index contributed by atoms with van der Waals surface area (Å²) < 4.78 is 45.1. The summed E-state index contributed by atoms with van der Waals surface area (Å²) in [7, 11) is 3.52. The third-order valence-electron chi connectivity index (χ3n) is 5.72. The van der Waals surface area contributed by atoms with Crippen LogP contribution in [0.2, 0.25) is 0 Å². The van der Waals surface area contributed by atoms with Crippen LogP contribution in [0.25, 0.3) is 0 Å². The van der Waals surface area contributed by atoms with E-state index < -0.39 is 17.5 Å². The maximum absolute atomic E-state index is 13.3. The fourth-order valence-electron chi connectivity index (χ4n) is 3.66. The van der Waals surface area contributed by atoms with Gasteiger partial charge < -0.3 is 19.9 Å². The maximum Gasteiger partial charge on any atom is 0.249 e. The van der Waals surface area contributed by atoms with Crippen molar-refractivity contribution in [1.82, 2.24) is 9.97 Å². The number of likely N-dealkylation sites (N-methyl/N-ethyl adjacent to an activating group) is 2. The summed E-state index contributed by atoms with van der Waals surface area (Å²) >= 11 is 0. The largest absolute Gasteiger partial charge is 0.490 e. The van der Waals surface area contributed by atoms with E-state index in [1.165, 1.54) is 0 Å². The Balaban J connectivity index is 1.31. The van der Waals surface area contributed by atoms with Crippen LogP contribution in [0.3, 0.4) is 0 Å². The number of hydrogen-bond donors (Lipinski definition) is 1. The van der Waals surface area contributed by atoms with E-state index in [4.69, 9.17) is 4.74 Å². The second-order valence-electron chi connectivity index (χ2n) is 7.75. The van der Waals surface area contributed by atoms with Gasteiger partial charge in [0.25, 0.3) is 0 Å². The third kappa shape index (κ3) is 3.61. The molecule has 30 heavy (non-hydrogen) atoms. The van der Waals surface area contributed by atoms with E-state index in [0.29, 0.717) is 36.8 Å². The number of carbonyl (C=O) groups excluding carboxylic acids is 1. The standard InChI is InChI=1S/C20H22F3N5O2/c1-10-19(29)28(3)16-9-25-20(26-18(16)27(10)2)24-8-11-4-12(5-11)30-13-6-14(21)17(23)15(22)7-13/h6-7,9-12H,4-5,8H2,1-3H3,(H,24,25,26)/t10-,11-,12-/m0/s1. The molecule has 1 aromatic carbocycles. The molecule has 10 heteroatoms. The molecule has 2 heterocycles. The molecule has 1 atom stereocenters. The number of hydrogen-bond acceptors (Lipinski definition) is 6. The molecule has 1 N–H and O–H groups in total. The molecule has 0 radical (unpaired) electrons. The number of rotatable bonds is 5. The van der Waals surface area contributed by atoms with Crippen molar-refractivity contribution in [3.8, 4) is 5.75 Å². The predicted octanol–water partition coefficient (Wildman–Crippen LogP) is 2.96. The lowest BCUT2D eigenvalue weighted by Gasteiger charge is -2.37. The van der Waals surface area contributed by atoms with E-state index in [9.17, 15) is 18.0 Å². The van der Waals surface area contributed by atoms with Crippen molar-refractivity contribution in [3.05, 3.63) is 35.8 Å². The van der Waals surface area contributed by atoms with Crippen molar-refractivity contribution in [2.24, 2.45) is 5.92 Å². The second-order valence-corrected chi connectivity index (χ2v) is 7.75. The van der Waals surface area contributed by atoms with E-state index in [-0.39, 0.29) is 29.7 Å². The number of aromatic nitrogens is 2.